The molecule has 0 bridgehead atoms. The zero-order valence-electron chi connectivity index (χ0n) is 24.8. The first-order valence-electron chi connectivity index (χ1n) is 15.1. The quantitative estimate of drug-likeness (QED) is 0.329. The van der Waals surface area contributed by atoms with E-state index in [2.05, 4.69) is 16.0 Å². The van der Waals surface area contributed by atoms with Gasteiger partial charge in [-0.25, -0.2) is 13.6 Å². The SMILES string of the molecule is Cc1nc2c(cc1C(=O)O)C(=O)N(C1CCN(Cc3cc(C4CC4)c(-c4ccc(F)c(F)c4)cc3OC(C)C)CC1)CC2. The van der Waals surface area contributed by atoms with E-state index in [9.17, 15) is 23.5 Å². The van der Waals surface area contributed by atoms with E-state index >= 15 is 0 Å². The maximum atomic E-state index is 14.2. The van der Waals surface area contributed by atoms with Crippen LogP contribution in [-0.2, 0) is 13.0 Å². The molecule has 9 heteroatoms. The average Bonchev–Trinajstić information content (AvgIpc) is 3.81. The second-order valence-corrected chi connectivity index (χ2v) is 12.3. The molecule has 2 fully saturated rings. The largest absolute Gasteiger partial charge is 0.491 e. The fourth-order valence-corrected chi connectivity index (χ4v) is 6.48. The highest BCUT2D eigenvalue weighted by Gasteiger charge is 2.34. The third-order valence-corrected chi connectivity index (χ3v) is 8.84. The summed E-state index contributed by atoms with van der Waals surface area (Å²) in [7, 11) is 0. The number of fused-ring (bicyclic) bond motifs is 1. The van der Waals surface area contributed by atoms with Gasteiger partial charge in [-0.2, -0.15) is 0 Å². The van der Waals surface area contributed by atoms with Crippen molar-refractivity contribution >= 4 is 11.9 Å². The summed E-state index contributed by atoms with van der Waals surface area (Å²) in [5.41, 5.74) is 5.35. The molecule has 0 spiro atoms. The Morgan fingerprint density at radius 3 is 2.42 bits per heavy atom. The summed E-state index contributed by atoms with van der Waals surface area (Å²) in [5.74, 6) is -1.78. The van der Waals surface area contributed by atoms with E-state index in [1.54, 1.807) is 13.0 Å². The van der Waals surface area contributed by atoms with Crippen LogP contribution in [-0.4, -0.2) is 63.5 Å². The lowest BCUT2D eigenvalue weighted by atomic mass is 9.93. The molecule has 7 nitrogen and oxygen atoms in total. The van der Waals surface area contributed by atoms with Gasteiger partial charge >= 0.3 is 5.97 Å². The van der Waals surface area contributed by atoms with Gasteiger partial charge < -0.3 is 14.7 Å². The first kappa shape index (κ1) is 29.2. The fourth-order valence-electron chi connectivity index (χ4n) is 6.48. The van der Waals surface area contributed by atoms with Crippen LogP contribution >= 0.6 is 0 Å². The number of hydrogen-bond donors (Lipinski definition) is 1. The van der Waals surface area contributed by atoms with Gasteiger partial charge in [-0.1, -0.05) is 6.07 Å². The van der Waals surface area contributed by atoms with Gasteiger partial charge in [0.05, 0.1) is 28.6 Å². The molecular formula is C34H37F2N3O4. The summed E-state index contributed by atoms with van der Waals surface area (Å²) < 4.78 is 34.1. The van der Waals surface area contributed by atoms with Crippen molar-refractivity contribution in [2.45, 2.75) is 77.5 Å². The Bertz CT molecular complexity index is 1580. The van der Waals surface area contributed by atoms with Gasteiger partial charge in [0.2, 0.25) is 0 Å². The molecule has 2 aromatic carbocycles. The summed E-state index contributed by atoms with van der Waals surface area (Å²) in [5, 5.41) is 9.52. The number of carbonyl (C=O) groups excluding carboxylic acids is 1. The molecule has 3 heterocycles. The van der Waals surface area contributed by atoms with Crippen LogP contribution in [0.1, 0.15) is 88.7 Å². The number of aromatic nitrogens is 1. The maximum Gasteiger partial charge on any atom is 0.337 e. The molecule has 1 N–H and O–H groups in total. The van der Waals surface area contributed by atoms with Gasteiger partial charge in [-0.15, -0.1) is 0 Å². The number of aromatic carboxylic acids is 1. The Morgan fingerprint density at radius 2 is 1.77 bits per heavy atom. The van der Waals surface area contributed by atoms with Crippen molar-refractivity contribution in [3.05, 3.63) is 81.7 Å². The van der Waals surface area contributed by atoms with Gasteiger partial charge in [0, 0.05) is 44.2 Å². The molecule has 0 atom stereocenters. The molecule has 1 aromatic heterocycles. The van der Waals surface area contributed by atoms with Crippen LogP contribution in [0.15, 0.2) is 36.4 Å². The number of carbonyl (C=O) groups is 2. The molecule has 2 aliphatic heterocycles. The Hall–Kier alpha value is -3.85. The molecule has 0 radical (unpaired) electrons. The standard InChI is InChI=1S/C34H37F2N3O4/c1-19(2)43-32-17-27(22-6-7-29(35)30(36)15-22)26(21-4-5-21)14-23(32)18-38-11-8-24(9-12-38)39-13-10-31-28(33(39)40)16-25(34(41)42)20(3)37-31/h6-7,14-17,19,21,24H,4-5,8-13,18H2,1-3H3,(H,41,42). The number of pyridine rings is 1. The van der Waals surface area contributed by atoms with Crippen LogP contribution in [0.3, 0.4) is 0 Å². The Balaban J connectivity index is 1.19. The summed E-state index contributed by atoms with van der Waals surface area (Å²) in [6, 6.07) is 9.82. The molecule has 1 saturated heterocycles. The Labute approximate surface area is 250 Å². The number of nitrogens with zero attached hydrogens (tertiary/aromatic N) is 3. The first-order valence-corrected chi connectivity index (χ1v) is 15.1. The van der Waals surface area contributed by atoms with E-state index in [1.165, 1.54) is 18.2 Å². The van der Waals surface area contributed by atoms with E-state index in [4.69, 9.17) is 4.74 Å². The topological polar surface area (TPSA) is 83.0 Å². The van der Waals surface area contributed by atoms with Crippen molar-refractivity contribution in [3.8, 4) is 16.9 Å². The third kappa shape index (κ3) is 6.00. The third-order valence-electron chi connectivity index (χ3n) is 8.84. The number of carboxylic acid groups (broad SMARTS) is 1. The number of amides is 1. The van der Waals surface area contributed by atoms with Crippen LogP contribution in [0.25, 0.3) is 11.1 Å². The molecule has 0 unspecified atom stereocenters. The minimum Gasteiger partial charge on any atom is -0.491 e. The van der Waals surface area contributed by atoms with Crippen LogP contribution < -0.4 is 4.74 Å². The lowest BCUT2D eigenvalue weighted by Crippen LogP contribution is -2.50. The van der Waals surface area contributed by atoms with E-state index in [1.807, 2.05) is 24.8 Å². The number of carboxylic acids is 1. The van der Waals surface area contributed by atoms with Crippen LogP contribution in [0.2, 0.25) is 0 Å². The lowest BCUT2D eigenvalue weighted by Gasteiger charge is -2.40. The summed E-state index contributed by atoms with van der Waals surface area (Å²) in [4.78, 5) is 33.8. The van der Waals surface area contributed by atoms with Crippen molar-refractivity contribution < 1.29 is 28.2 Å². The van der Waals surface area contributed by atoms with Gasteiger partial charge in [-0.05, 0) is 99.4 Å². The van der Waals surface area contributed by atoms with Gasteiger partial charge in [-0.3, -0.25) is 14.7 Å². The fraction of sp³-hybridized carbons (Fsp3) is 0.441. The van der Waals surface area contributed by atoms with Crippen LogP contribution in [0.4, 0.5) is 8.78 Å². The van der Waals surface area contributed by atoms with Crippen molar-refractivity contribution in [3.63, 3.8) is 0 Å². The second kappa shape index (κ2) is 11.7. The lowest BCUT2D eigenvalue weighted by molar-refractivity contribution is 0.0542. The highest BCUT2D eigenvalue weighted by Crippen LogP contribution is 2.47. The van der Waals surface area contributed by atoms with Crippen LogP contribution in [0, 0.1) is 18.6 Å². The molecule has 3 aliphatic rings. The average molecular weight is 590 g/mol. The highest BCUT2D eigenvalue weighted by molar-refractivity contribution is 5.99. The van der Waals surface area contributed by atoms with Crippen molar-refractivity contribution in [1.82, 2.24) is 14.8 Å². The monoisotopic (exact) mass is 589 g/mol. The summed E-state index contributed by atoms with van der Waals surface area (Å²) in [6.45, 7) is 8.50. The zero-order chi connectivity index (χ0) is 30.4. The smallest absolute Gasteiger partial charge is 0.337 e. The number of halogens is 2. The van der Waals surface area contributed by atoms with Gasteiger partial charge in [0.15, 0.2) is 11.6 Å². The minimum absolute atomic E-state index is 0.0537. The maximum absolute atomic E-state index is 14.2. The molecule has 3 aromatic rings. The molecule has 43 heavy (non-hydrogen) atoms. The summed E-state index contributed by atoms with van der Waals surface area (Å²) >= 11 is 0. The molecule has 1 aliphatic carbocycles. The number of benzene rings is 2. The van der Waals surface area contributed by atoms with E-state index in [0.717, 1.165) is 61.2 Å². The summed E-state index contributed by atoms with van der Waals surface area (Å²) in [6.07, 6.45) is 4.34. The number of likely N-dealkylation sites (tertiary alicyclic amines) is 1. The number of rotatable bonds is 8. The van der Waals surface area contributed by atoms with Gasteiger partial charge in [0.25, 0.3) is 5.91 Å². The number of ether oxygens (including phenoxy) is 1. The van der Waals surface area contributed by atoms with E-state index < -0.39 is 17.6 Å². The van der Waals surface area contributed by atoms with E-state index in [-0.39, 0.29) is 23.6 Å². The van der Waals surface area contributed by atoms with Crippen molar-refractivity contribution in [2.24, 2.45) is 0 Å². The van der Waals surface area contributed by atoms with E-state index in [0.29, 0.717) is 47.9 Å². The zero-order valence-corrected chi connectivity index (χ0v) is 24.8. The number of hydrogen-bond acceptors (Lipinski definition) is 5. The second-order valence-electron chi connectivity index (χ2n) is 12.3. The molecule has 6 rings (SSSR count). The normalized spacial score (nSPS) is 17.8. The molecule has 1 amide bonds. The number of piperidine rings is 1. The van der Waals surface area contributed by atoms with Gasteiger partial charge in [0.1, 0.15) is 5.75 Å². The first-order chi connectivity index (χ1) is 20.6. The number of aryl methyl sites for hydroxylation is 1. The molecule has 226 valence electrons. The van der Waals surface area contributed by atoms with Crippen LogP contribution in [0.5, 0.6) is 5.75 Å². The Morgan fingerprint density at radius 1 is 1.02 bits per heavy atom. The van der Waals surface area contributed by atoms with Crippen molar-refractivity contribution in [2.75, 3.05) is 19.6 Å². The van der Waals surface area contributed by atoms with Crippen molar-refractivity contribution in [1.29, 1.82) is 0 Å². The molecule has 1 saturated carbocycles. The Kier molecular flexibility index (Phi) is 7.94. The predicted molar refractivity (Wildman–Crippen MR) is 159 cm³/mol. The molecular weight excluding hydrogens is 552 g/mol. The predicted octanol–water partition coefficient (Wildman–Crippen LogP) is 6.36. The minimum atomic E-state index is -1.07. The highest BCUT2D eigenvalue weighted by atomic mass is 19.2.